The Morgan fingerprint density at radius 1 is 0.958 bits per heavy atom. The fourth-order valence-electron chi connectivity index (χ4n) is 3.13. The molecule has 0 aliphatic rings. The lowest BCUT2D eigenvalue weighted by molar-refractivity contribution is 0.103. The van der Waals surface area contributed by atoms with Crippen molar-refractivity contribution >= 4 is 8.32 Å². The summed E-state index contributed by atoms with van der Waals surface area (Å²) >= 11 is 0. The van der Waals surface area contributed by atoms with Crippen LogP contribution in [-0.4, -0.2) is 27.6 Å². The normalized spacial score (nSPS) is 16.5. The van der Waals surface area contributed by atoms with Gasteiger partial charge in [-0.3, -0.25) is 0 Å². The average molecular weight is 357 g/mol. The van der Waals surface area contributed by atoms with E-state index in [1.54, 1.807) is 0 Å². The van der Waals surface area contributed by atoms with E-state index in [1.165, 1.54) is 31.0 Å². The van der Waals surface area contributed by atoms with E-state index in [0.29, 0.717) is 17.9 Å². The van der Waals surface area contributed by atoms with Gasteiger partial charge >= 0.3 is 0 Å². The summed E-state index contributed by atoms with van der Waals surface area (Å²) in [7, 11) is -1.50. The van der Waals surface area contributed by atoms with Gasteiger partial charge in [-0.15, -0.1) is 0 Å². The molecule has 0 bridgehead atoms. The molecular formula is C21H44O2Si. The lowest BCUT2D eigenvalue weighted by Crippen LogP contribution is -2.41. The van der Waals surface area contributed by atoms with Crippen LogP contribution in [0.4, 0.5) is 0 Å². The quantitative estimate of drug-likeness (QED) is 0.182. The number of ether oxygens (including phenoxy) is 1. The molecule has 0 aliphatic carbocycles. The first-order valence-electron chi connectivity index (χ1n) is 10.4. The Balaban J connectivity index is 4.36. The van der Waals surface area contributed by atoms with Crippen molar-refractivity contribution in [2.45, 2.75) is 98.4 Å². The molecule has 3 heteroatoms. The molecule has 2 nitrogen and oxygen atoms in total. The molecule has 0 rings (SSSR count). The molecule has 0 amide bonds. The number of hydrogen-bond acceptors (Lipinski definition) is 2. The molecule has 0 saturated carbocycles. The zero-order valence-corrected chi connectivity index (χ0v) is 18.6. The van der Waals surface area contributed by atoms with E-state index in [4.69, 9.17) is 9.16 Å². The van der Waals surface area contributed by atoms with Gasteiger partial charge in [-0.05, 0) is 49.2 Å². The second kappa shape index (κ2) is 14.1. The molecule has 144 valence electrons. The first kappa shape index (κ1) is 23.9. The van der Waals surface area contributed by atoms with Crippen molar-refractivity contribution in [1.29, 1.82) is 0 Å². The van der Waals surface area contributed by atoms with Gasteiger partial charge in [-0.2, -0.15) is 0 Å². The summed E-state index contributed by atoms with van der Waals surface area (Å²) in [6.07, 6.45) is 9.69. The van der Waals surface area contributed by atoms with Crippen LogP contribution in [0.25, 0.3) is 0 Å². The molecule has 0 heterocycles. The van der Waals surface area contributed by atoms with Gasteiger partial charge in [0.1, 0.15) is 0 Å². The SMILES string of the molecule is CCCCOC[C@@H](C)C/C=C/[C@H](C)[C@H](CC)O[Si](CC)(CC)CC. The maximum Gasteiger partial charge on any atom is 0.192 e. The molecule has 24 heavy (non-hydrogen) atoms. The van der Waals surface area contributed by atoms with Gasteiger partial charge in [0, 0.05) is 13.2 Å². The topological polar surface area (TPSA) is 18.5 Å². The number of allylic oxidation sites excluding steroid dienone is 1. The van der Waals surface area contributed by atoms with Crippen LogP contribution in [0.1, 0.15) is 74.1 Å². The van der Waals surface area contributed by atoms with Crippen molar-refractivity contribution in [3.05, 3.63) is 12.2 Å². The largest absolute Gasteiger partial charge is 0.413 e. The maximum absolute atomic E-state index is 6.71. The highest BCUT2D eigenvalue weighted by Crippen LogP contribution is 2.27. The fourth-order valence-corrected chi connectivity index (χ4v) is 6.16. The van der Waals surface area contributed by atoms with E-state index in [-0.39, 0.29) is 0 Å². The summed E-state index contributed by atoms with van der Waals surface area (Å²) in [5, 5.41) is 0. The summed E-state index contributed by atoms with van der Waals surface area (Å²) in [5.74, 6) is 1.10. The second-order valence-corrected chi connectivity index (χ2v) is 12.1. The van der Waals surface area contributed by atoms with E-state index in [2.05, 4.69) is 60.6 Å². The molecule has 0 saturated heterocycles. The van der Waals surface area contributed by atoms with Crippen molar-refractivity contribution in [2.24, 2.45) is 11.8 Å². The second-order valence-electron chi connectivity index (χ2n) is 7.36. The molecule has 0 radical (unpaired) electrons. The monoisotopic (exact) mass is 356 g/mol. The molecule has 0 aromatic rings. The molecule has 3 atom stereocenters. The predicted molar refractivity (Wildman–Crippen MR) is 110 cm³/mol. The zero-order chi connectivity index (χ0) is 18.4. The van der Waals surface area contributed by atoms with Crippen molar-refractivity contribution in [2.75, 3.05) is 13.2 Å². The number of unbranched alkanes of at least 4 members (excludes halogenated alkanes) is 1. The third kappa shape index (κ3) is 9.38. The highest BCUT2D eigenvalue weighted by atomic mass is 28.4. The fraction of sp³-hybridized carbons (Fsp3) is 0.905. The smallest absolute Gasteiger partial charge is 0.192 e. The van der Waals surface area contributed by atoms with Crippen LogP contribution >= 0.6 is 0 Å². The van der Waals surface area contributed by atoms with Gasteiger partial charge in [-0.1, -0.05) is 67.0 Å². The zero-order valence-electron chi connectivity index (χ0n) is 17.6. The van der Waals surface area contributed by atoms with Crippen molar-refractivity contribution in [1.82, 2.24) is 0 Å². The lowest BCUT2D eigenvalue weighted by Gasteiger charge is -2.35. The van der Waals surface area contributed by atoms with E-state index >= 15 is 0 Å². The minimum absolute atomic E-state index is 0.379. The summed E-state index contributed by atoms with van der Waals surface area (Å²) in [4.78, 5) is 0. The standard InChI is InChI=1S/C21H44O2Si/c1-8-13-17-22-18-19(6)15-14-16-20(7)21(9-2)23-24(10-3,11-4)12-5/h14,16,19-21H,8-13,15,17-18H2,1-7H3/b16-14+/t19-,20-,21-/m0/s1. The molecule has 0 fully saturated rings. The Labute approximate surface area is 153 Å². The number of rotatable bonds is 15. The predicted octanol–water partition coefficient (Wildman–Crippen LogP) is 6.82. The highest BCUT2D eigenvalue weighted by Gasteiger charge is 2.32. The van der Waals surface area contributed by atoms with Crippen LogP contribution in [0.15, 0.2) is 12.2 Å². The third-order valence-corrected chi connectivity index (χ3v) is 10.0. The summed E-state index contributed by atoms with van der Waals surface area (Å²) in [6.45, 7) is 17.8. The molecule has 0 aromatic heterocycles. The Morgan fingerprint density at radius 2 is 1.58 bits per heavy atom. The summed E-state index contributed by atoms with van der Waals surface area (Å²) in [6, 6.07) is 3.71. The highest BCUT2D eigenvalue weighted by molar-refractivity contribution is 6.73. The van der Waals surface area contributed by atoms with Crippen LogP contribution in [0.3, 0.4) is 0 Å². The maximum atomic E-state index is 6.71. The van der Waals surface area contributed by atoms with Crippen molar-refractivity contribution in [3.8, 4) is 0 Å². The molecular weight excluding hydrogens is 312 g/mol. The van der Waals surface area contributed by atoms with Crippen molar-refractivity contribution < 1.29 is 9.16 Å². The van der Waals surface area contributed by atoms with E-state index < -0.39 is 8.32 Å². The number of hydrogen-bond donors (Lipinski definition) is 0. The Morgan fingerprint density at radius 3 is 2.08 bits per heavy atom. The van der Waals surface area contributed by atoms with E-state index in [0.717, 1.165) is 26.1 Å². The summed E-state index contributed by atoms with van der Waals surface area (Å²) in [5.41, 5.74) is 0. The lowest BCUT2D eigenvalue weighted by atomic mass is 10.0. The molecule has 0 aliphatic heterocycles. The van der Waals surface area contributed by atoms with Gasteiger partial charge in [0.05, 0.1) is 6.10 Å². The first-order valence-corrected chi connectivity index (χ1v) is 12.9. The Bertz CT molecular complexity index is 305. The van der Waals surface area contributed by atoms with Crippen LogP contribution in [0.2, 0.25) is 18.1 Å². The van der Waals surface area contributed by atoms with E-state index in [1.807, 2.05) is 0 Å². The van der Waals surface area contributed by atoms with Gasteiger partial charge in [0.25, 0.3) is 0 Å². The van der Waals surface area contributed by atoms with Crippen LogP contribution in [0, 0.1) is 11.8 Å². The Kier molecular flexibility index (Phi) is 14.0. The van der Waals surface area contributed by atoms with Gasteiger partial charge in [0.15, 0.2) is 8.32 Å². The molecule has 0 N–H and O–H groups in total. The van der Waals surface area contributed by atoms with Crippen LogP contribution < -0.4 is 0 Å². The van der Waals surface area contributed by atoms with Crippen molar-refractivity contribution in [3.63, 3.8) is 0 Å². The Hall–Kier alpha value is -0.123. The van der Waals surface area contributed by atoms with Crippen LogP contribution in [-0.2, 0) is 9.16 Å². The first-order chi connectivity index (χ1) is 11.5. The van der Waals surface area contributed by atoms with E-state index in [9.17, 15) is 0 Å². The van der Waals surface area contributed by atoms with Gasteiger partial charge in [-0.25, -0.2) is 0 Å². The summed E-state index contributed by atoms with van der Waals surface area (Å²) < 4.78 is 12.4. The molecule has 0 aromatic carbocycles. The minimum Gasteiger partial charge on any atom is -0.413 e. The molecule has 0 spiro atoms. The van der Waals surface area contributed by atoms with Gasteiger partial charge in [0.2, 0.25) is 0 Å². The van der Waals surface area contributed by atoms with Crippen LogP contribution in [0.5, 0.6) is 0 Å². The minimum atomic E-state index is -1.50. The third-order valence-electron chi connectivity index (χ3n) is 5.35. The average Bonchev–Trinajstić information content (AvgIpc) is 2.60. The van der Waals surface area contributed by atoms with Gasteiger partial charge < -0.3 is 9.16 Å². The molecule has 0 unspecified atom stereocenters.